The van der Waals surface area contributed by atoms with Gasteiger partial charge in [0.25, 0.3) is 0 Å². The van der Waals surface area contributed by atoms with Crippen molar-refractivity contribution >= 4 is 34.4 Å². The van der Waals surface area contributed by atoms with Crippen LogP contribution in [-0.4, -0.2) is 11.8 Å². The van der Waals surface area contributed by atoms with Gasteiger partial charge in [0.1, 0.15) is 0 Å². The molecule has 0 aromatic heterocycles. The fraction of sp³-hybridized carbons (Fsp3) is 0.0667. The Bertz CT molecular complexity index is 651. The van der Waals surface area contributed by atoms with Crippen LogP contribution in [0.25, 0.3) is 0 Å². The van der Waals surface area contributed by atoms with Gasteiger partial charge in [-0.05, 0) is 47.7 Å². The fourth-order valence-corrected chi connectivity index (χ4v) is 2.08. The Labute approximate surface area is 130 Å². The molecule has 0 radical (unpaired) electrons. The highest BCUT2D eigenvalue weighted by Gasteiger charge is 2.08. The van der Waals surface area contributed by atoms with E-state index in [1.807, 2.05) is 37.3 Å². The molecule has 0 unspecified atom stereocenters. The Morgan fingerprint density at radius 1 is 1.15 bits per heavy atom. The van der Waals surface area contributed by atoms with Crippen molar-refractivity contribution in [2.75, 3.05) is 0 Å². The molecule has 5 heteroatoms. The van der Waals surface area contributed by atoms with Crippen LogP contribution in [0.5, 0.6) is 0 Å². The van der Waals surface area contributed by atoms with Gasteiger partial charge in [-0.2, -0.15) is 0 Å². The standard InChI is InChI=1S/C15H13IN2O2/c1-10-5-7-11(8-6-10)14(17)18-20-15(19)12-3-2-4-13(16)9-12/h2-9H,1H3,(H2,17,18). The number of hydrogen-bond acceptors (Lipinski definition) is 3. The molecule has 0 saturated carbocycles. The molecule has 0 atom stereocenters. The molecule has 20 heavy (non-hydrogen) atoms. The van der Waals surface area contributed by atoms with E-state index < -0.39 is 5.97 Å². The van der Waals surface area contributed by atoms with E-state index in [4.69, 9.17) is 10.6 Å². The molecule has 0 amide bonds. The van der Waals surface area contributed by atoms with Crippen LogP contribution in [-0.2, 0) is 4.84 Å². The first-order valence-corrected chi connectivity index (χ1v) is 7.01. The zero-order valence-electron chi connectivity index (χ0n) is 10.8. The molecule has 0 spiro atoms. The maximum absolute atomic E-state index is 11.8. The highest BCUT2D eigenvalue weighted by molar-refractivity contribution is 14.1. The number of nitrogens with zero attached hydrogens (tertiary/aromatic N) is 1. The number of benzene rings is 2. The molecule has 2 aromatic carbocycles. The fourth-order valence-electron chi connectivity index (χ4n) is 1.54. The average molecular weight is 380 g/mol. The van der Waals surface area contributed by atoms with Gasteiger partial charge in [-0.3, -0.25) is 0 Å². The van der Waals surface area contributed by atoms with Crippen molar-refractivity contribution in [2.24, 2.45) is 10.9 Å². The topological polar surface area (TPSA) is 64.7 Å². The summed E-state index contributed by atoms with van der Waals surface area (Å²) < 4.78 is 0.951. The van der Waals surface area contributed by atoms with Crippen LogP contribution in [0.15, 0.2) is 53.7 Å². The molecule has 0 aliphatic carbocycles. The van der Waals surface area contributed by atoms with Crippen molar-refractivity contribution in [1.29, 1.82) is 0 Å². The number of rotatable bonds is 3. The first-order chi connectivity index (χ1) is 9.56. The van der Waals surface area contributed by atoms with Crippen LogP contribution in [0.2, 0.25) is 0 Å². The number of carbonyl (C=O) groups excluding carboxylic acids is 1. The van der Waals surface area contributed by atoms with Gasteiger partial charge < -0.3 is 10.6 Å². The predicted octanol–water partition coefficient (Wildman–Crippen LogP) is 3.08. The zero-order valence-corrected chi connectivity index (χ0v) is 13.0. The molecule has 0 fully saturated rings. The van der Waals surface area contributed by atoms with E-state index in [1.165, 1.54) is 0 Å². The van der Waals surface area contributed by atoms with Crippen LogP contribution in [0.3, 0.4) is 0 Å². The van der Waals surface area contributed by atoms with Crippen molar-refractivity contribution in [3.05, 3.63) is 68.8 Å². The van der Waals surface area contributed by atoms with Crippen LogP contribution >= 0.6 is 22.6 Å². The highest BCUT2D eigenvalue weighted by atomic mass is 127. The van der Waals surface area contributed by atoms with Gasteiger partial charge in [-0.25, -0.2) is 4.79 Å². The molecular formula is C15H13IN2O2. The third kappa shape index (κ3) is 3.80. The summed E-state index contributed by atoms with van der Waals surface area (Å²) in [6.45, 7) is 1.98. The van der Waals surface area contributed by atoms with E-state index in [9.17, 15) is 4.79 Å². The Morgan fingerprint density at radius 3 is 2.50 bits per heavy atom. The third-order valence-electron chi connectivity index (χ3n) is 2.63. The minimum atomic E-state index is -0.529. The van der Waals surface area contributed by atoms with Gasteiger partial charge in [0.05, 0.1) is 5.56 Å². The summed E-state index contributed by atoms with van der Waals surface area (Å²) >= 11 is 2.12. The van der Waals surface area contributed by atoms with E-state index in [-0.39, 0.29) is 5.84 Å². The summed E-state index contributed by atoms with van der Waals surface area (Å²) in [5.41, 5.74) is 8.05. The molecule has 102 valence electrons. The van der Waals surface area contributed by atoms with Crippen LogP contribution < -0.4 is 5.73 Å². The molecule has 0 bridgehead atoms. The largest absolute Gasteiger partial charge is 0.380 e. The van der Waals surface area contributed by atoms with E-state index >= 15 is 0 Å². The SMILES string of the molecule is Cc1ccc(/C(N)=N\OC(=O)c2cccc(I)c2)cc1. The molecule has 2 rings (SSSR count). The van der Waals surface area contributed by atoms with Crippen LogP contribution in [0.4, 0.5) is 0 Å². The number of aryl methyl sites for hydroxylation is 1. The van der Waals surface area contributed by atoms with Crippen LogP contribution in [0, 0.1) is 10.5 Å². The van der Waals surface area contributed by atoms with Gasteiger partial charge in [0.15, 0.2) is 5.84 Å². The first-order valence-electron chi connectivity index (χ1n) is 5.93. The number of hydrogen-bond donors (Lipinski definition) is 1. The van der Waals surface area contributed by atoms with E-state index in [0.29, 0.717) is 11.1 Å². The summed E-state index contributed by atoms with van der Waals surface area (Å²) in [6.07, 6.45) is 0. The smallest absolute Gasteiger partial charge is 0.365 e. The molecule has 0 aliphatic heterocycles. The highest BCUT2D eigenvalue weighted by Crippen LogP contribution is 2.09. The molecule has 2 aromatic rings. The summed E-state index contributed by atoms with van der Waals surface area (Å²) in [5.74, 6) is -0.359. The Hall–Kier alpha value is -1.89. The van der Waals surface area contributed by atoms with Gasteiger partial charge in [0.2, 0.25) is 0 Å². The normalized spacial score (nSPS) is 11.2. The second-order valence-corrected chi connectivity index (χ2v) is 5.48. The minimum Gasteiger partial charge on any atom is -0.380 e. The minimum absolute atomic E-state index is 0.170. The number of carbonyl (C=O) groups is 1. The number of amidine groups is 1. The first kappa shape index (κ1) is 14.5. The Balaban J connectivity index is 2.08. The Kier molecular flexibility index (Phi) is 4.73. The van der Waals surface area contributed by atoms with Crippen LogP contribution in [0.1, 0.15) is 21.5 Å². The van der Waals surface area contributed by atoms with Gasteiger partial charge in [-0.1, -0.05) is 41.1 Å². The lowest BCUT2D eigenvalue weighted by atomic mass is 10.1. The predicted molar refractivity (Wildman–Crippen MR) is 86.5 cm³/mol. The summed E-state index contributed by atoms with van der Waals surface area (Å²) in [6, 6.07) is 14.5. The lowest BCUT2D eigenvalue weighted by molar-refractivity contribution is 0.0516. The number of halogens is 1. The van der Waals surface area contributed by atoms with E-state index in [1.54, 1.807) is 18.2 Å². The average Bonchev–Trinajstić information content (AvgIpc) is 2.45. The second kappa shape index (κ2) is 6.51. The Morgan fingerprint density at radius 2 is 1.85 bits per heavy atom. The van der Waals surface area contributed by atoms with Crippen molar-refractivity contribution in [1.82, 2.24) is 0 Å². The van der Waals surface area contributed by atoms with E-state index in [2.05, 4.69) is 27.7 Å². The third-order valence-corrected chi connectivity index (χ3v) is 3.31. The summed E-state index contributed by atoms with van der Waals surface area (Å²) in [7, 11) is 0. The maximum Gasteiger partial charge on any atom is 0.365 e. The van der Waals surface area contributed by atoms with Crippen molar-refractivity contribution < 1.29 is 9.63 Å². The zero-order chi connectivity index (χ0) is 14.5. The lowest BCUT2D eigenvalue weighted by Crippen LogP contribution is -2.15. The van der Waals surface area contributed by atoms with Gasteiger partial charge in [0, 0.05) is 9.13 Å². The monoisotopic (exact) mass is 380 g/mol. The summed E-state index contributed by atoms with van der Waals surface area (Å²) in [5, 5.41) is 3.67. The van der Waals surface area contributed by atoms with Crippen molar-refractivity contribution in [2.45, 2.75) is 6.92 Å². The molecule has 2 N–H and O–H groups in total. The lowest BCUT2D eigenvalue weighted by Gasteiger charge is -2.02. The molecule has 4 nitrogen and oxygen atoms in total. The van der Waals surface area contributed by atoms with Crippen molar-refractivity contribution in [3.63, 3.8) is 0 Å². The van der Waals surface area contributed by atoms with Gasteiger partial charge >= 0.3 is 5.97 Å². The molecule has 0 saturated heterocycles. The molecule has 0 heterocycles. The van der Waals surface area contributed by atoms with Gasteiger partial charge in [-0.15, -0.1) is 0 Å². The molecular weight excluding hydrogens is 367 g/mol. The maximum atomic E-state index is 11.8. The number of nitrogens with two attached hydrogens (primary N) is 1. The van der Waals surface area contributed by atoms with E-state index in [0.717, 1.165) is 9.13 Å². The quantitative estimate of drug-likeness (QED) is 0.293. The van der Waals surface area contributed by atoms with Crippen molar-refractivity contribution in [3.8, 4) is 0 Å². The second-order valence-electron chi connectivity index (χ2n) is 4.23. The number of oxime groups is 1. The molecule has 0 aliphatic rings. The summed E-state index contributed by atoms with van der Waals surface area (Å²) in [4.78, 5) is 16.6.